The first kappa shape index (κ1) is 24.1. The molecule has 2 fully saturated rings. The summed E-state index contributed by atoms with van der Waals surface area (Å²) < 4.78 is 4.99. The second-order valence-electron chi connectivity index (χ2n) is 8.92. The van der Waals surface area contributed by atoms with Crippen LogP contribution in [0, 0.1) is 0 Å². The Morgan fingerprint density at radius 2 is 2.03 bits per heavy atom. The molecule has 0 unspecified atom stereocenters. The fraction of sp³-hybridized carbons (Fsp3) is 0.708. The average Bonchev–Trinajstić information content (AvgIpc) is 2.82. The number of esters is 1. The summed E-state index contributed by atoms with van der Waals surface area (Å²) in [5.41, 5.74) is 1.19. The molecule has 7 heteroatoms. The van der Waals surface area contributed by atoms with Gasteiger partial charge >= 0.3 is 5.97 Å². The number of amides is 1. The van der Waals surface area contributed by atoms with Crippen molar-refractivity contribution in [2.45, 2.75) is 81.2 Å². The van der Waals surface area contributed by atoms with Crippen molar-refractivity contribution in [2.24, 2.45) is 0 Å². The molecule has 1 aliphatic carbocycles. The monoisotopic (exact) mass is 447 g/mol. The lowest BCUT2D eigenvalue weighted by Crippen LogP contribution is -2.45. The number of hydrogen-bond acceptors (Lipinski definition) is 6. The van der Waals surface area contributed by atoms with E-state index in [1.807, 2.05) is 24.1 Å². The summed E-state index contributed by atoms with van der Waals surface area (Å²) in [6.07, 6.45) is 9.01. The molecule has 0 bridgehead atoms. The number of piperidine rings is 1. The lowest BCUT2D eigenvalue weighted by atomic mass is 9.74. The third-order valence-electron chi connectivity index (χ3n) is 6.70. The van der Waals surface area contributed by atoms with Gasteiger partial charge in [-0.15, -0.1) is 11.8 Å². The Labute approximate surface area is 190 Å². The molecule has 172 valence electrons. The summed E-state index contributed by atoms with van der Waals surface area (Å²) in [6, 6.07) is 4.22. The second kappa shape index (κ2) is 11.3. The van der Waals surface area contributed by atoms with Crippen molar-refractivity contribution in [1.29, 1.82) is 0 Å². The predicted octanol–water partition coefficient (Wildman–Crippen LogP) is 4.17. The fourth-order valence-electron chi connectivity index (χ4n) is 4.81. The van der Waals surface area contributed by atoms with E-state index in [0.29, 0.717) is 24.6 Å². The van der Waals surface area contributed by atoms with Crippen LogP contribution in [0.3, 0.4) is 0 Å². The van der Waals surface area contributed by atoms with Gasteiger partial charge in [0.05, 0.1) is 19.1 Å². The van der Waals surface area contributed by atoms with Crippen LogP contribution in [0.2, 0.25) is 0 Å². The third kappa shape index (κ3) is 5.80. The van der Waals surface area contributed by atoms with Gasteiger partial charge in [-0.1, -0.05) is 26.2 Å². The number of aromatic nitrogens is 1. The molecular formula is C24H37N3O3S. The first-order valence-electron chi connectivity index (χ1n) is 11.7. The minimum atomic E-state index is -0.385. The maximum Gasteiger partial charge on any atom is 0.306 e. The number of rotatable bonds is 8. The first-order chi connectivity index (χ1) is 15.0. The van der Waals surface area contributed by atoms with Crippen LogP contribution < -0.4 is 5.32 Å². The van der Waals surface area contributed by atoms with Crippen molar-refractivity contribution in [3.63, 3.8) is 0 Å². The highest BCUT2D eigenvalue weighted by molar-refractivity contribution is 7.99. The lowest BCUT2D eigenvalue weighted by Gasteiger charge is -2.37. The van der Waals surface area contributed by atoms with Gasteiger partial charge in [0, 0.05) is 30.7 Å². The zero-order valence-corrected chi connectivity index (χ0v) is 20.1. The van der Waals surface area contributed by atoms with Crippen LogP contribution in [-0.4, -0.2) is 60.8 Å². The minimum Gasteiger partial charge on any atom is -0.469 e. The number of carbonyl (C=O) groups excluding carboxylic acids is 2. The second-order valence-corrected chi connectivity index (χ2v) is 10.0. The number of pyridine rings is 1. The lowest BCUT2D eigenvalue weighted by molar-refractivity contribution is -0.142. The average molecular weight is 448 g/mol. The van der Waals surface area contributed by atoms with Gasteiger partial charge in [0.25, 0.3) is 5.91 Å². The highest BCUT2D eigenvalue weighted by Gasteiger charge is 2.39. The molecule has 1 N–H and O–H groups in total. The standard InChI is InChI=1S/C24H37N3O3S/c1-4-15-31-22-19(23(29)27(2)18-9-6-5-7-10-18)11-12-20(26-22)24(16-21(28)30-3)13-8-14-25-17-24/h11-12,18,25H,4-10,13-17H2,1-3H3/t24-/m1/s1. The molecule has 1 saturated heterocycles. The van der Waals surface area contributed by atoms with Gasteiger partial charge in [0.2, 0.25) is 0 Å². The zero-order chi connectivity index (χ0) is 22.3. The van der Waals surface area contributed by atoms with E-state index in [2.05, 4.69) is 12.2 Å². The van der Waals surface area contributed by atoms with Crippen LogP contribution in [0.4, 0.5) is 0 Å². The normalized spacial score (nSPS) is 22.2. The van der Waals surface area contributed by atoms with Gasteiger partial charge in [-0.25, -0.2) is 4.98 Å². The summed E-state index contributed by atoms with van der Waals surface area (Å²) in [6.45, 7) is 3.78. The molecule has 2 aliphatic rings. The van der Waals surface area contributed by atoms with Gasteiger partial charge in [-0.3, -0.25) is 9.59 Å². The SMILES string of the molecule is CCCSc1nc([C@@]2(CC(=O)OC)CCCNC2)ccc1C(=O)N(C)C1CCCCC1. The molecule has 0 radical (unpaired) electrons. The molecule has 6 nitrogen and oxygen atoms in total. The highest BCUT2D eigenvalue weighted by Crippen LogP contribution is 2.36. The van der Waals surface area contributed by atoms with E-state index in [-0.39, 0.29) is 17.3 Å². The largest absolute Gasteiger partial charge is 0.469 e. The molecule has 1 aliphatic heterocycles. The van der Waals surface area contributed by atoms with Crippen LogP contribution in [0.5, 0.6) is 0 Å². The van der Waals surface area contributed by atoms with E-state index in [4.69, 9.17) is 9.72 Å². The van der Waals surface area contributed by atoms with Gasteiger partial charge in [-0.05, 0) is 56.5 Å². The summed E-state index contributed by atoms with van der Waals surface area (Å²) >= 11 is 1.65. The Morgan fingerprint density at radius 1 is 1.26 bits per heavy atom. The Morgan fingerprint density at radius 3 is 2.68 bits per heavy atom. The van der Waals surface area contributed by atoms with Gasteiger partial charge in [0.15, 0.2) is 0 Å². The van der Waals surface area contributed by atoms with Crippen molar-refractivity contribution in [1.82, 2.24) is 15.2 Å². The van der Waals surface area contributed by atoms with E-state index >= 15 is 0 Å². The molecule has 31 heavy (non-hydrogen) atoms. The molecule has 1 amide bonds. The van der Waals surface area contributed by atoms with Gasteiger partial charge in [-0.2, -0.15) is 0 Å². The van der Waals surface area contributed by atoms with E-state index in [9.17, 15) is 9.59 Å². The first-order valence-corrected chi connectivity index (χ1v) is 12.7. The minimum absolute atomic E-state index is 0.0633. The maximum absolute atomic E-state index is 13.4. The topological polar surface area (TPSA) is 71.5 Å². The summed E-state index contributed by atoms with van der Waals surface area (Å²) in [5.74, 6) is 0.755. The molecule has 1 atom stereocenters. The van der Waals surface area contributed by atoms with Crippen LogP contribution in [0.1, 0.15) is 80.8 Å². The van der Waals surface area contributed by atoms with Crippen LogP contribution >= 0.6 is 11.8 Å². The summed E-state index contributed by atoms with van der Waals surface area (Å²) in [7, 11) is 3.37. The Balaban J connectivity index is 1.92. The van der Waals surface area contributed by atoms with Crippen LogP contribution in [0.25, 0.3) is 0 Å². The Bertz CT molecular complexity index is 758. The smallest absolute Gasteiger partial charge is 0.306 e. The molecule has 3 rings (SSSR count). The van der Waals surface area contributed by atoms with E-state index in [1.54, 1.807) is 11.8 Å². The Kier molecular flexibility index (Phi) is 8.78. The number of thioether (sulfide) groups is 1. The number of methoxy groups -OCH3 is 1. The maximum atomic E-state index is 13.4. The highest BCUT2D eigenvalue weighted by atomic mass is 32.2. The van der Waals surface area contributed by atoms with E-state index in [0.717, 1.165) is 55.1 Å². The zero-order valence-electron chi connectivity index (χ0n) is 19.2. The fourth-order valence-corrected chi connectivity index (χ4v) is 5.68. The number of hydrogen-bond donors (Lipinski definition) is 1. The van der Waals surface area contributed by atoms with Crippen molar-refractivity contribution < 1.29 is 14.3 Å². The molecule has 1 saturated carbocycles. The number of ether oxygens (including phenoxy) is 1. The van der Waals surface area contributed by atoms with Crippen LogP contribution in [0.15, 0.2) is 17.2 Å². The summed E-state index contributed by atoms with van der Waals surface area (Å²) in [5, 5.41) is 4.23. The number of carbonyl (C=O) groups is 2. The van der Waals surface area contributed by atoms with Crippen LogP contribution in [-0.2, 0) is 14.9 Å². The molecule has 1 aromatic rings. The molecule has 0 aromatic carbocycles. The predicted molar refractivity (Wildman–Crippen MR) is 125 cm³/mol. The van der Waals surface area contributed by atoms with Crippen molar-refractivity contribution in [3.05, 3.63) is 23.4 Å². The van der Waals surface area contributed by atoms with E-state index in [1.165, 1.54) is 26.4 Å². The summed E-state index contributed by atoms with van der Waals surface area (Å²) in [4.78, 5) is 32.6. The third-order valence-corrected chi connectivity index (χ3v) is 7.90. The van der Waals surface area contributed by atoms with Gasteiger partial charge < -0.3 is 15.0 Å². The van der Waals surface area contributed by atoms with Crippen molar-refractivity contribution >= 4 is 23.6 Å². The molecule has 2 heterocycles. The number of nitrogens with one attached hydrogen (secondary N) is 1. The quantitative estimate of drug-likeness (QED) is 0.476. The molecule has 1 aromatic heterocycles. The Hall–Kier alpha value is -1.60. The van der Waals surface area contributed by atoms with E-state index < -0.39 is 0 Å². The number of nitrogens with zero attached hydrogens (tertiary/aromatic N) is 2. The molecule has 0 spiro atoms. The van der Waals surface area contributed by atoms with Gasteiger partial charge in [0.1, 0.15) is 5.03 Å². The van der Waals surface area contributed by atoms with Crippen molar-refractivity contribution in [2.75, 3.05) is 33.0 Å². The van der Waals surface area contributed by atoms with Crippen molar-refractivity contribution in [3.8, 4) is 0 Å². The molecular weight excluding hydrogens is 410 g/mol.